The molecule has 136 valence electrons. The highest BCUT2D eigenvalue weighted by Crippen LogP contribution is 2.37. The number of aryl methyl sites for hydroxylation is 1. The van der Waals surface area contributed by atoms with E-state index in [2.05, 4.69) is 0 Å². The van der Waals surface area contributed by atoms with Crippen LogP contribution in [0.4, 0.5) is 10.1 Å². The Morgan fingerprint density at radius 2 is 1.92 bits per heavy atom. The summed E-state index contributed by atoms with van der Waals surface area (Å²) >= 11 is 5.75. The lowest BCUT2D eigenvalue weighted by Crippen LogP contribution is -2.18. The molecule has 3 aromatic rings. The summed E-state index contributed by atoms with van der Waals surface area (Å²) in [4.78, 5) is 10.8. The van der Waals surface area contributed by atoms with Crippen molar-refractivity contribution in [3.8, 4) is 0 Å². The summed E-state index contributed by atoms with van der Waals surface area (Å²) in [5, 5.41) is 9.10. The second-order valence-corrected chi connectivity index (χ2v) is 7.78. The Morgan fingerprint density at radius 1 is 1.31 bits per heavy atom. The Labute approximate surface area is 152 Å². The fraction of sp³-hybridized carbons (Fsp3) is 0.0625. The van der Waals surface area contributed by atoms with Crippen LogP contribution in [0.1, 0.15) is 16.1 Å². The Morgan fingerprint density at radius 3 is 2.50 bits per heavy atom. The first-order valence-corrected chi connectivity index (χ1v) is 9.00. The fourth-order valence-corrected chi connectivity index (χ4v) is 4.11. The van der Waals surface area contributed by atoms with E-state index in [9.17, 15) is 17.6 Å². The Balaban J connectivity index is 2.29. The highest BCUT2D eigenvalue weighted by Gasteiger charge is 2.28. The van der Waals surface area contributed by atoms with Crippen molar-refractivity contribution in [3.05, 3.63) is 52.5 Å². The standard InChI is InChI=1S/C16H12ClFN2O5S/c1-7-12-10(25-15(14(12)19)16(21)20-22)6-11(13(7)18)26(23,24)9-4-2-8(17)3-5-9/h2-6,22H,19H2,1H3,(H,20,21). The summed E-state index contributed by atoms with van der Waals surface area (Å²) in [6.07, 6.45) is 0. The van der Waals surface area contributed by atoms with Crippen LogP contribution in [0.15, 0.2) is 44.5 Å². The zero-order chi connectivity index (χ0) is 19.2. The molecule has 0 bridgehead atoms. The molecule has 4 N–H and O–H groups in total. The lowest BCUT2D eigenvalue weighted by Gasteiger charge is -2.09. The van der Waals surface area contributed by atoms with Gasteiger partial charge in [0.2, 0.25) is 15.6 Å². The molecule has 3 rings (SSSR count). The van der Waals surface area contributed by atoms with E-state index in [0.29, 0.717) is 5.02 Å². The van der Waals surface area contributed by atoms with Gasteiger partial charge in [0.05, 0.1) is 16.0 Å². The molecule has 0 unspecified atom stereocenters. The van der Waals surface area contributed by atoms with Crippen molar-refractivity contribution >= 4 is 44.0 Å². The highest BCUT2D eigenvalue weighted by molar-refractivity contribution is 7.91. The van der Waals surface area contributed by atoms with Gasteiger partial charge in [-0.25, -0.2) is 18.3 Å². The summed E-state index contributed by atoms with van der Waals surface area (Å²) in [5.74, 6) is -2.51. The van der Waals surface area contributed by atoms with Gasteiger partial charge in [-0.2, -0.15) is 0 Å². The first kappa shape index (κ1) is 18.2. The summed E-state index contributed by atoms with van der Waals surface area (Å²) in [6, 6.07) is 6.18. The van der Waals surface area contributed by atoms with E-state index in [4.69, 9.17) is 27.0 Å². The predicted molar refractivity (Wildman–Crippen MR) is 91.5 cm³/mol. The molecule has 7 nitrogen and oxygen atoms in total. The minimum atomic E-state index is -4.21. The van der Waals surface area contributed by atoms with Crippen molar-refractivity contribution in [1.82, 2.24) is 5.48 Å². The van der Waals surface area contributed by atoms with Crippen molar-refractivity contribution in [2.45, 2.75) is 16.7 Å². The van der Waals surface area contributed by atoms with Gasteiger partial charge in [0.25, 0.3) is 0 Å². The third-order valence-corrected chi connectivity index (χ3v) is 5.90. The molecule has 0 aliphatic heterocycles. The number of hydrogen-bond donors (Lipinski definition) is 3. The number of nitrogen functional groups attached to an aromatic ring is 1. The van der Waals surface area contributed by atoms with Gasteiger partial charge in [0, 0.05) is 11.1 Å². The number of carbonyl (C=O) groups excluding carboxylic acids is 1. The number of nitrogens with two attached hydrogens (primary N) is 1. The molecule has 0 saturated heterocycles. The van der Waals surface area contributed by atoms with Gasteiger partial charge in [-0.15, -0.1) is 0 Å². The van der Waals surface area contributed by atoms with E-state index >= 15 is 0 Å². The maximum absolute atomic E-state index is 14.8. The lowest BCUT2D eigenvalue weighted by molar-refractivity contribution is 0.0679. The van der Waals surface area contributed by atoms with E-state index in [1.165, 1.54) is 36.7 Å². The second-order valence-electron chi connectivity index (χ2n) is 5.43. The fourth-order valence-electron chi connectivity index (χ4n) is 2.58. The molecule has 0 radical (unpaired) electrons. The van der Waals surface area contributed by atoms with Crippen LogP contribution in [-0.2, 0) is 9.84 Å². The van der Waals surface area contributed by atoms with E-state index in [1.54, 1.807) is 0 Å². The number of furan rings is 1. The number of halogens is 2. The normalized spacial score (nSPS) is 11.7. The van der Waals surface area contributed by atoms with Gasteiger partial charge in [0.1, 0.15) is 16.3 Å². The quantitative estimate of drug-likeness (QED) is 0.460. The number of amides is 1. The first-order chi connectivity index (χ1) is 12.2. The van der Waals surface area contributed by atoms with Crippen LogP contribution >= 0.6 is 11.6 Å². The zero-order valence-corrected chi connectivity index (χ0v) is 14.8. The topological polar surface area (TPSA) is 123 Å². The number of hydroxylamine groups is 1. The Kier molecular flexibility index (Phi) is 4.39. The number of rotatable bonds is 3. The van der Waals surface area contributed by atoms with Crippen molar-refractivity contribution in [2.75, 3.05) is 5.73 Å². The maximum atomic E-state index is 14.8. The van der Waals surface area contributed by atoms with Gasteiger partial charge in [0.15, 0.2) is 0 Å². The largest absolute Gasteiger partial charge is 0.448 e. The third-order valence-electron chi connectivity index (χ3n) is 3.88. The van der Waals surface area contributed by atoms with Gasteiger partial charge < -0.3 is 10.2 Å². The number of nitrogens with one attached hydrogen (secondary N) is 1. The van der Waals surface area contributed by atoms with Crippen molar-refractivity contribution < 1.29 is 27.2 Å². The molecule has 0 saturated carbocycles. The van der Waals surface area contributed by atoms with E-state index in [-0.39, 0.29) is 27.1 Å². The number of carbonyl (C=O) groups is 1. The predicted octanol–water partition coefficient (Wildman–Crippen LogP) is 3.07. The van der Waals surface area contributed by atoms with Gasteiger partial charge in [-0.1, -0.05) is 11.6 Å². The molecule has 2 aromatic carbocycles. The molecule has 0 aliphatic rings. The van der Waals surface area contributed by atoms with Gasteiger partial charge >= 0.3 is 5.91 Å². The second kappa shape index (κ2) is 6.27. The lowest BCUT2D eigenvalue weighted by atomic mass is 10.1. The molecular weight excluding hydrogens is 387 g/mol. The molecule has 1 heterocycles. The zero-order valence-electron chi connectivity index (χ0n) is 13.2. The highest BCUT2D eigenvalue weighted by atomic mass is 35.5. The van der Waals surface area contributed by atoms with Crippen LogP contribution in [0.3, 0.4) is 0 Å². The molecule has 1 aromatic heterocycles. The molecule has 0 fully saturated rings. The number of fused-ring (bicyclic) bond motifs is 1. The summed E-state index contributed by atoms with van der Waals surface area (Å²) in [7, 11) is -4.21. The summed E-state index contributed by atoms with van der Waals surface area (Å²) < 4.78 is 45.6. The average molecular weight is 399 g/mol. The smallest absolute Gasteiger partial charge is 0.312 e. The molecule has 0 aliphatic carbocycles. The van der Waals surface area contributed by atoms with Crippen LogP contribution in [0.25, 0.3) is 11.0 Å². The first-order valence-electron chi connectivity index (χ1n) is 7.14. The molecular formula is C16H12ClFN2O5S. The number of anilines is 1. The third kappa shape index (κ3) is 2.70. The van der Waals surface area contributed by atoms with Crippen LogP contribution in [0.5, 0.6) is 0 Å². The molecule has 10 heteroatoms. The molecule has 26 heavy (non-hydrogen) atoms. The summed E-state index contributed by atoms with van der Waals surface area (Å²) in [5.41, 5.74) is 6.71. The number of benzene rings is 2. The minimum absolute atomic E-state index is 0.0520. The van der Waals surface area contributed by atoms with Crippen LogP contribution < -0.4 is 11.2 Å². The van der Waals surface area contributed by atoms with Crippen LogP contribution in [0, 0.1) is 12.7 Å². The van der Waals surface area contributed by atoms with Crippen LogP contribution in [-0.4, -0.2) is 19.5 Å². The SMILES string of the molecule is Cc1c(F)c(S(=O)(=O)c2ccc(Cl)cc2)cc2oc(C(=O)NO)c(N)c12. The maximum Gasteiger partial charge on any atom is 0.312 e. The van der Waals surface area contributed by atoms with Crippen LogP contribution in [0.2, 0.25) is 5.02 Å². The van der Waals surface area contributed by atoms with Crippen molar-refractivity contribution in [3.63, 3.8) is 0 Å². The monoisotopic (exact) mass is 398 g/mol. The Hall–Kier alpha value is -2.62. The number of hydrogen-bond acceptors (Lipinski definition) is 6. The van der Waals surface area contributed by atoms with Crippen molar-refractivity contribution in [1.29, 1.82) is 0 Å². The van der Waals surface area contributed by atoms with E-state index < -0.39 is 32.2 Å². The van der Waals surface area contributed by atoms with E-state index in [1.807, 2.05) is 0 Å². The molecule has 0 atom stereocenters. The Bertz CT molecular complexity index is 1140. The van der Waals surface area contributed by atoms with Gasteiger partial charge in [-0.05, 0) is 36.8 Å². The summed E-state index contributed by atoms with van der Waals surface area (Å²) in [6.45, 7) is 1.31. The molecule has 1 amide bonds. The average Bonchev–Trinajstić information content (AvgIpc) is 2.94. The molecule has 0 spiro atoms. The minimum Gasteiger partial charge on any atom is -0.448 e. The number of sulfone groups is 1. The van der Waals surface area contributed by atoms with Gasteiger partial charge in [-0.3, -0.25) is 10.0 Å². The van der Waals surface area contributed by atoms with Crippen molar-refractivity contribution in [2.24, 2.45) is 0 Å². The van der Waals surface area contributed by atoms with E-state index in [0.717, 1.165) is 6.07 Å².